The number of aromatic nitrogens is 2. The Kier molecular flexibility index (Phi) is 5.25. The van der Waals surface area contributed by atoms with Gasteiger partial charge in [-0.1, -0.05) is 6.07 Å². The summed E-state index contributed by atoms with van der Waals surface area (Å²) in [5.41, 5.74) is 0.0208. The number of carbonyl (C=O) groups is 2. The third-order valence-electron chi connectivity index (χ3n) is 5.21. The summed E-state index contributed by atoms with van der Waals surface area (Å²) in [6, 6.07) is 4.37. The van der Waals surface area contributed by atoms with Crippen molar-refractivity contribution >= 4 is 17.6 Å². The van der Waals surface area contributed by atoms with Crippen LogP contribution < -0.4 is 14.4 Å². The number of rotatable bonds is 4. The van der Waals surface area contributed by atoms with E-state index in [1.54, 1.807) is 0 Å². The van der Waals surface area contributed by atoms with E-state index < -0.39 is 24.1 Å². The summed E-state index contributed by atoms with van der Waals surface area (Å²) in [5, 5.41) is 9.81. The zero-order valence-electron chi connectivity index (χ0n) is 16.3. The highest BCUT2D eigenvalue weighted by Gasteiger charge is 2.39. The molecule has 4 rings (SSSR count). The third-order valence-corrected chi connectivity index (χ3v) is 5.21. The predicted octanol–water partition coefficient (Wildman–Crippen LogP) is 2.43. The zero-order valence-corrected chi connectivity index (χ0v) is 16.3. The Morgan fingerprint density at radius 2 is 1.97 bits per heavy atom. The van der Waals surface area contributed by atoms with E-state index in [2.05, 4.69) is 14.7 Å². The molecule has 0 radical (unpaired) electrons. The lowest BCUT2D eigenvalue weighted by atomic mass is 10.2. The van der Waals surface area contributed by atoms with Crippen LogP contribution in [0, 0.1) is 0 Å². The SMILES string of the molecule is CN1C(=O)CN([C@H]2CC[C@H](O)C2)C(=O)c2[nH]c(Oc3cccc(OC(F)(F)F)c3)nc21. The van der Waals surface area contributed by atoms with Crippen molar-refractivity contribution in [3.63, 3.8) is 0 Å². The molecule has 12 heteroatoms. The summed E-state index contributed by atoms with van der Waals surface area (Å²) in [4.78, 5) is 35.1. The highest BCUT2D eigenvalue weighted by atomic mass is 19.4. The lowest BCUT2D eigenvalue weighted by Crippen LogP contribution is -2.43. The topological polar surface area (TPSA) is 108 Å². The molecule has 1 aliphatic heterocycles. The first kappa shape index (κ1) is 21.0. The van der Waals surface area contributed by atoms with Crippen LogP contribution in [0.3, 0.4) is 0 Å². The van der Waals surface area contributed by atoms with Crippen LogP contribution in [0.15, 0.2) is 24.3 Å². The van der Waals surface area contributed by atoms with Crippen LogP contribution in [0.5, 0.6) is 17.5 Å². The molecule has 1 aromatic heterocycles. The molecule has 1 aromatic carbocycles. The quantitative estimate of drug-likeness (QED) is 0.756. The molecule has 2 aromatic rings. The minimum absolute atomic E-state index is 0.0112. The number of hydrogen-bond acceptors (Lipinski definition) is 6. The highest BCUT2D eigenvalue weighted by molar-refractivity contribution is 6.07. The third kappa shape index (κ3) is 4.43. The van der Waals surface area contributed by atoms with Gasteiger partial charge in [-0.05, 0) is 31.4 Å². The van der Waals surface area contributed by atoms with Crippen LogP contribution in [0.25, 0.3) is 0 Å². The number of ether oxygens (including phenoxy) is 2. The lowest BCUT2D eigenvalue weighted by Gasteiger charge is -2.26. The fourth-order valence-corrected chi connectivity index (χ4v) is 3.73. The number of alkyl halides is 3. The van der Waals surface area contributed by atoms with Gasteiger partial charge in [-0.3, -0.25) is 14.5 Å². The standard InChI is InChI=1S/C19H19F3N4O5/c1-25-14(28)9-26(10-5-6-11(27)7-10)17(29)15-16(25)24-18(23-15)30-12-3-2-4-13(8-12)31-19(20,21)22/h2-4,8,10-11,27H,5-7,9H2,1H3,(H,23,24)/t10-,11-/m0/s1. The number of aliphatic hydroxyl groups is 1. The number of anilines is 1. The van der Waals surface area contributed by atoms with E-state index in [-0.39, 0.29) is 41.8 Å². The van der Waals surface area contributed by atoms with Gasteiger partial charge in [-0.2, -0.15) is 4.98 Å². The Hall–Kier alpha value is -3.28. The molecule has 0 spiro atoms. The second-order valence-corrected chi connectivity index (χ2v) is 7.37. The van der Waals surface area contributed by atoms with E-state index in [1.165, 1.54) is 29.0 Å². The maximum atomic E-state index is 13.1. The van der Waals surface area contributed by atoms with Gasteiger partial charge in [0.2, 0.25) is 5.91 Å². The van der Waals surface area contributed by atoms with Crippen molar-refractivity contribution in [1.29, 1.82) is 0 Å². The maximum absolute atomic E-state index is 13.1. The van der Waals surface area contributed by atoms with Crippen LogP contribution in [0.2, 0.25) is 0 Å². The Balaban J connectivity index is 1.60. The number of aromatic amines is 1. The first-order valence-electron chi connectivity index (χ1n) is 9.50. The molecule has 0 bridgehead atoms. The second-order valence-electron chi connectivity index (χ2n) is 7.37. The summed E-state index contributed by atoms with van der Waals surface area (Å²) in [6.07, 6.45) is -3.89. The number of imidazole rings is 1. The van der Waals surface area contributed by atoms with Gasteiger partial charge in [0.05, 0.1) is 6.10 Å². The van der Waals surface area contributed by atoms with Crippen LogP contribution in [-0.4, -0.2) is 63.9 Å². The normalized spacial score (nSPS) is 21.8. The van der Waals surface area contributed by atoms with Gasteiger partial charge < -0.3 is 24.5 Å². The summed E-state index contributed by atoms with van der Waals surface area (Å²) in [7, 11) is 1.46. The van der Waals surface area contributed by atoms with E-state index in [9.17, 15) is 27.9 Å². The minimum Gasteiger partial charge on any atom is -0.425 e. The molecule has 0 unspecified atom stereocenters. The van der Waals surface area contributed by atoms with Crippen LogP contribution in [0.4, 0.5) is 19.0 Å². The van der Waals surface area contributed by atoms with Gasteiger partial charge in [0, 0.05) is 19.2 Å². The molecule has 2 heterocycles. The summed E-state index contributed by atoms with van der Waals surface area (Å²) >= 11 is 0. The molecule has 2 N–H and O–H groups in total. The Morgan fingerprint density at radius 3 is 2.65 bits per heavy atom. The van der Waals surface area contributed by atoms with Gasteiger partial charge in [0.1, 0.15) is 18.0 Å². The number of halogens is 3. The number of nitrogens with one attached hydrogen (secondary N) is 1. The first-order chi connectivity index (χ1) is 14.6. The largest absolute Gasteiger partial charge is 0.573 e. The molecule has 2 aliphatic rings. The lowest BCUT2D eigenvalue weighted by molar-refractivity contribution is -0.274. The van der Waals surface area contributed by atoms with E-state index >= 15 is 0 Å². The van der Waals surface area contributed by atoms with Crippen molar-refractivity contribution in [2.45, 2.75) is 37.8 Å². The van der Waals surface area contributed by atoms with E-state index in [0.717, 1.165) is 12.1 Å². The number of nitrogens with zero attached hydrogens (tertiary/aromatic N) is 3. The van der Waals surface area contributed by atoms with Crippen LogP contribution in [-0.2, 0) is 4.79 Å². The second kappa shape index (κ2) is 7.76. The number of amides is 2. The Morgan fingerprint density at radius 1 is 1.23 bits per heavy atom. The van der Waals surface area contributed by atoms with Crippen molar-refractivity contribution in [3.8, 4) is 17.5 Å². The molecule has 1 aliphatic carbocycles. The molecule has 1 fully saturated rings. The number of fused-ring (bicyclic) bond motifs is 1. The molecule has 166 valence electrons. The van der Waals surface area contributed by atoms with Crippen molar-refractivity contribution < 1.29 is 37.3 Å². The number of H-pyrrole nitrogens is 1. The molecule has 2 atom stereocenters. The molecule has 1 saturated carbocycles. The molecule has 31 heavy (non-hydrogen) atoms. The zero-order chi connectivity index (χ0) is 22.3. The van der Waals surface area contributed by atoms with E-state index in [0.29, 0.717) is 19.3 Å². The summed E-state index contributed by atoms with van der Waals surface area (Å²) in [6.45, 7) is -0.149. The molecule has 0 saturated heterocycles. The van der Waals surface area contributed by atoms with Crippen LogP contribution in [0.1, 0.15) is 29.8 Å². The Labute approximate surface area is 174 Å². The first-order valence-corrected chi connectivity index (χ1v) is 9.50. The monoisotopic (exact) mass is 440 g/mol. The van der Waals surface area contributed by atoms with Gasteiger partial charge in [0.15, 0.2) is 11.5 Å². The fraction of sp³-hybridized carbons (Fsp3) is 0.421. The number of hydrogen-bond donors (Lipinski definition) is 2. The minimum atomic E-state index is -4.85. The van der Waals surface area contributed by atoms with Gasteiger partial charge in [-0.15, -0.1) is 13.2 Å². The maximum Gasteiger partial charge on any atom is 0.573 e. The van der Waals surface area contributed by atoms with Crippen molar-refractivity contribution in [2.24, 2.45) is 0 Å². The fourth-order valence-electron chi connectivity index (χ4n) is 3.73. The number of likely N-dealkylation sites (N-methyl/N-ethyl adjacent to an activating group) is 1. The van der Waals surface area contributed by atoms with Gasteiger partial charge in [-0.25, -0.2) is 0 Å². The molecular formula is C19H19F3N4O5. The summed E-state index contributed by atoms with van der Waals surface area (Å²) in [5.74, 6) is -1.28. The molecular weight excluding hydrogens is 421 g/mol. The van der Waals surface area contributed by atoms with E-state index in [1.807, 2.05) is 0 Å². The molecule has 2 amide bonds. The average molecular weight is 440 g/mol. The van der Waals surface area contributed by atoms with Crippen molar-refractivity contribution in [2.75, 3.05) is 18.5 Å². The Bertz CT molecular complexity index is 1010. The predicted molar refractivity (Wildman–Crippen MR) is 99.9 cm³/mol. The van der Waals surface area contributed by atoms with Gasteiger partial charge in [0.25, 0.3) is 5.91 Å². The van der Waals surface area contributed by atoms with Gasteiger partial charge >= 0.3 is 12.4 Å². The number of aliphatic hydroxyl groups excluding tert-OH is 1. The van der Waals surface area contributed by atoms with Crippen molar-refractivity contribution in [3.05, 3.63) is 30.0 Å². The smallest absolute Gasteiger partial charge is 0.425 e. The van der Waals surface area contributed by atoms with E-state index in [4.69, 9.17) is 4.74 Å². The number of carbonyl (C=O) groups excluding carboxylic acids is 2. The van der Waals surface area contributed by atoms with Crippen LogP contribution >= 0.6 is 0 Å². The van der Waals surface area contributed by atoms with Crippen molar-refractivity contribution in [1.82, 2.24) is 14.9 Å². The molecule has 9 nitrogen and oxygen atoms in total. The average Bonchev–Trinajstić information content (AvgIpc) is 3.28. The summed E-state index contributed by atoms with van der Waals surface area (Å²) < 4.78 is 46.6. The highest BCUT2D eigenvalue weighted by Crippen LogP contribution is 2.33. The number of benzene rings is 1.